The van der Waals surface area contributed by atoms with E-state index in [1.54, 1.807) is 0 Å². The summed E-state index contributed by atoms with van der Waals surface area (Å²) in [6.07, 6.45) is 3.60. The summed E-state index contributed by atoms with van der Waals surface area (Å²) in [6.45, 7) is 7.51. The molecule has 0 radical (unpaired) electrons. The second kappa shape index (κ2) is 13.7. The third-order valence-corrected chi connectivity index (χ3v) is 18.9. The Bertz CT molecular complexity index is 3870. The number of hydrogen-bond donors (Lipinski definition) is 0. The van der Waals surface area contributed by atoms with E-state index in [9.17, 15) is 0 Å². The van der Waals surface area contributed by atoms with Crippen LogP contribution in [0.15, 0.2) is 211 Å². The van der Waals surface area contributed by atoms with Gasteiger partial charge in [-0.05, 0) is 128 Å². The highest BCUT2D eigenvalue weighted by Gasteiger charge is 2.53. The highest BCUT2D eigenvalue weighted by atomic mass is 28.3. The minimum absolute atomic E-state index is 0.467. The lowest BCUT2D eigenvalue weighted by atomic mass is 9.57. The second-order valence-corrected chi connectivity index (χ2v) is 23.6. The van der Waals surface area contributed by atoms with Gasteiger partial charge in [0, 0.05) is 50.4 Å². The summed E-state index contributed by atoms with van der Waals surface area (Å²) in [5.41, 5.74) is 19.5. The van der Waals surface area contributed by atoms with Crippen molar-refractivity contribution in [2.24, 2.45) is 5.92 Å². The minimum atomic E-state index is -2.31. The third kappa shape index (κ3) is 5.02. The summed E-state index contributed by atoms with van der Waals surface area (Å²) in [4.78, 5) is 2.48. The Balaban J connectivity index is 1.01. The van der Waals surface area contributed by atoms with E-state index >= 15 is 0 Å². The molecule has 2 aromatic heterocycles. The lowest BCUT2D eigenvalue weighted by Gasteiger charge is -2.51. The van der Waals surface area contributed by atoms with Crippen molar-refractivity contribution in [1.82, 2.24) is 4.57 Å². The van der Waals surface area contributed by atoms with Gasteiger partial charge in [0.2, 0.25) is 0 Å². The first-order chi connectivity index (χ1) is 32.4. The zero-order chi connectivity index (χ0) is 43.9. The number of nitrogens with zero attached hydrogens (tertiary/aromatic N) is 2. The van der Waals surface area contributed by atoms with Gasteiger partial charge in [0.1, 0.15) is 19.2 Å². The molecule has 314 valence electrons. The van der Waals surface area contributed by atoms with Crippen LogP contribution in [-0.4, -0.2) is 12.6 Å². The number of fused-ring (bicyclic) bond motifs is 14. The van der Waals surface area contributed by atoms with E-state index in [2.05, 4.69) is 230 Å². The van der Waals surface area contributed by atoms with Gasteiger partial charge in [-0.3, -0.25) is 0 Å². The van der Waals surface area contributed by atoms with Gasteiger partial charge in [-0.1, -0.05) is 160 Å². The van der Waals surface area contributed by atoms with Crippen molar-refractivity contribution in [3.63, 3.8) is 0 Å². The summed E-state index contributed by atoms with van der Waals surface area (Å²) in [5, 5.41) is 7.71. The first-order valence-corrected chi connectivity index (χ1v) is 26.4. The highest BCUT2D eigenvalue weighted by molar-refractivity contribution is 7.01. The normalized spacial score (nSPS) is 17.7. The molecule has 66 heavy (non-hydrogen) atoms. The monoisotopic (exact) mass is 862 g/mol. The van der Waals surface area contributed by atoms with Gasteiger partial charge in [0.05, 0.1) is 16.4 Å². The van der Waals surface area contributed by atoms with Crippen molar-refractivity contribution in [3.05, 3.63) is 245 Å². The average molecular weight is 863 g/mol. The molecule has 0 bridgehead atoms. The van der Waals surface area contributed by atoms with Gasteiger partial charge in [0.15, 0.2) is 0 Å². The van der Waals surface area contributed by atoms with Crippen LogP contribution in [0.25, 0.3) is 55.0 Å². The summed E-state index contributed by atoms with van der Waals surface area (Å²) >= 11 is 0. The molecule has 14 rings (SSSR count). The molecule has 11 aromatic rings. The Hall–Kier alpha value is -7.66. The maximum atomic E-state index is 6.46. The van der Waals surface area contributed by atoms with Crippen LogP contribution in [0.5, 0.6) is 0 Å². The minimum Gasteiger partial charge on any atom is -0.456 e. The molecule has 0 saturated carbocycles. The molecule has 1 aliphatic heterocycles. The smallest absolute Gasteiger partial charge is 0.137 e. The molecular formula is C62H46N2OSi. The molecule has 1 spiro atoms. The van der Waals surface area contributed by atoms with E-state index in [1.807, 2.05) is 6.07 Å². The lowest BCUT2D eigenvalue weighted by molar-refractivity contribution is 0.668. The van der Waals surface area contributed by atoms with Gasteiger partial charge < -0.3 is 13.9 Å². The zero-order valence-electron chi connectivity index (χ0n) is 37.2. The van der Waals surface area contributed by atoms with E-state index < -0.39 is 13.5 Å². The number of anilines is 3. The van der Waals surface area contributed by atoms with Crippen LogP contribution in [0.3, 0.4) is 0 Å². The second-order valence-electron chi connectivity index (χ2n) is 19.3. The quantitative estimate of drug-likeness (QED) is 0.164. The van der Waals surface area contributed by atoms with E-state index in [0.717, 1.165) is 56.6 Å². The van der Waals surface area contributed by atoms with E-state index in [1.165, 1.54) is 71.2 Å². The van der Waals surface area contributed by atoms with Gasteiger partial charge in [-0.2, -0.15) is 0 Å². The molecule has 4 heteroatoms. The summed E-state index contributed by atoms with van der Waals surface area (Å²) in [6, 6.07) is 75.2. The van der Waals surface area contributed by atoms with E-state index in [0.29, 0.717) is 5.92 Å². The molecule has 2 atom stereocenters. The number of rotatable bonds is 4. The van der Waals surface area contributed by atoms with Gasteiger partial charge >= 0.3 is 0 Å². The molecule has 0 fully saturated rings. The van der Waals surface area contributed by atoms with Crippen LogP contribution in [0.4, 0.5) is 17.1 Å². The van der Waals surface area contributed by atoms with Gasteiger partial charge in [0.25, 0.3) is 0 Å². The molecule has 2 unspecified atom stereocenters. The first-order valence-electron chi connectivity index (χ1n) is 23.4. The lowest BCUT2D eigenvalue weighted by Crippen LogP contribution is -2.64. The molecular weight excluding hydrogens is 817 g/mol. The predicted octanol–water partition coefficient (Wildman–Crippen LogP) is 14.6. The van der Waals surface area contributed by atoms with Crippen molar-refractivity contribution in [1.29, 1.82) is 0 Å². The largest absolute Gasteiger partial charge is 0.456 e. The van der Waals surface area contributed by atoms with Crippen LogP contribution >= 0.6 is 0 Å². The molecule has 3 aliphatic rings. The maximum absolute atomic E-state index is 6.46. The summed E-state index contributed by atoms with van der Waals surface area (Å²) in [5.74, 6) is 0.481. The highest BCUT2D eigenvalue weighted by Crippen LogP contribution is 2.57. The van der Waals surface area contributed by atoms with E-state index in [-0.39, 0.29) is 0 Å². The Morgan fingerprint density at radius 2 is 1.18 bits per heavy atom. The van der Waals surface area contributed by atoms with Crippen molar-refractivity contribution in [3.8, 4) is 5.69 Å². The molecule has 9 aromatic carbocycles. The van der Waals surface area contributed by atoms with Crippen molar-refractivity contribution >= 4 is 84.8 Å². The maximum Gasteiger partial charge on any atom is 0.137 e. The van der Waals surface area contributed by atoms with E-state index in [4.69, 9.17) is 4.42 Å². The average Bonchev–Trinajstić information content (AvgIpc) is 3.89. The standard InChI is InChI=1S/C62H46N2OSi/c1-39-34-40-16-15-24-54-61(40)50(35-39)45-19-7-10-22-51(45)62(54)52-23-11-14-27-59(52)66(2,3)60-38-44(30-33-53(60)62)63(41-17-5-4-6-18-41)42-28-31-47-46-20-8-12-25-55(46)64(56(47)36-42)43-29-32-49-48-21-9-13-26-57(48)65-58(49)37-43/h4-33,35-39H,34H2,1-3H3. The Labute approximate surface area is 385 Å². The molecule has 0 amide bonds. The molecule has 2 aliphatic carbocycles. The number of allylic oxidation sites excluding steroid dienone is 1. The summed E-state index contributed by atoms with van der Waals surface area (Å²) in [7, 11) is -2.31. The predicted molar refractivity (Wildman–Crippen MR) is 278 cm³/mol. The third-order valence-electron chi connectivity index (χ3n) is 15.3. The Kier molecular flexibility index (Phi) is 7.81. The first kappa shape index (κ1) is 37.7. The SMILES string of the molecule is CC1C=C2c3ccccc3C3(c4ccccc4[Si](C)(C)c4cc(N(c5ccccc5)c5ccc6c7ccccc7n(-c7ccc8c(c7)oc7ccccc78)c6c5)ccc43)c3cccc(c32)C1. The van der Waals surface area contributed by atoms with Crippen LogP contribution in [0.1, 0.15) is 45.9 Å². The molecule has 0 saturated heterocycles. The molecule has 0 N–H and O–H groups in total. The molecule has 3 nitrogen and oxygen atoms in total. The number of benzene rings is 9. The number of hydrogen-bond acceptors (Lipinski definition) is 2. The zero-order valence-corrected chi connectivity index (χ0v) is 38.2. The number of aromatic nitrogens is 1. The van der Waals surface area contributed by atoms with Gasteiger partial charge in [-0.25, -0.2) is 0 Å². The fourth-order valence-electron chi connectivity index (χ4n) is 12.6. The fraction of sp³-hybridized carbons (Fsp3) is 0.0968. The fourth-order valence-corrected chi connectivity index (χ4v) is 15.8. The Morgan fingerprint density at radius 3 is 2.08 bits per heavy atom. The Morgan fingerprint density at radius 1 is 0.515 bits per heavy atom. The van der Waals surface area contributed by atoms with Crippen molar-refractivity contribution < 1.29 is 4.42 Å². The van der Waals surface area contributed by atoms with Crippen molar-refractivity contribution in [2.75, 3.05) is 4.90 Å². The number of furan rings is 1. The van der Waals surface area contributed by atoms with Crippen LogP contribution in [0, 0.1) is 5.92 Å². The van der Waals surface area contributed by atoms with Crippen LogP contribution < -0.4 is 15.3 Å². The van der Waals surface area contributed by atoms with Crippen LogP contribution in [-0.2, 0) is 11.8 Å². The van der Waals surface area contributed by atoms with Crippen molar-refractivity contribution in [2.45, 2.75) is 31.9 Å². The number of para-hydroxylation sites is 3. The molecule has 3 heterocycles. The topological polar surface area (TPSA) is 21.3 Å². The van der Waals surface area contributed by atoms with Gasteiger partial charge in [-0.15, -0.1) is 0 Å². The summed E-state index contributed by atoms with van der Waals surface area (Å²) < 4.78 is 8.88. The van der Waals surface area contributed by atoms with Crippen LogP contribution in [0.2, 0.25) is 13.1 Å².